The molecule has 1 aromatic rings. The largest absolute Gasteiger partial charge is 0.317 e. The summed E-state index contributed by atoms with van der Waals surface area (Å²) in [7, 11) is 0. The SMILES string of the molecule is [C-]#[N+]CCc1c(C)nn(C(C)C)c1C. The van der Waals surface area contributed by atoms with E-state index in [2.05, 4.69) is 30.7 Å². The number of aromatic nitrogens is 2. The van der Waals surface area contributed by atoms with Crippen molar-refractivity contribution in [2.45, 2.75) is 40.2 Å². The smallest absolute Gasteiger partial charge is 0.218 e. The van der Waals surface area contributed by atoms with Gasteiger partial charge in [0.15, 0.2) is 0 Å². The standard InChI is InChI=1S/C11H17N3/c1-8(2)14-10(4)11(6-7-12-5)9(3)13-14/h8H,6-7H2,1-4H3. The molecular formula is C11H17N3. The fourth-order valence-corrected chi connectivity index (χ4v) is 1.73. The van der Waals surface area contributed by atoms with Crippen LogP contribution in [0.2, 0.25) is 0 Å². The van der Waals surface area contributed by atoms with E-state index in [4.69, 9.17) is 6.57 Å². The van der Waals surface area contributed by atoms with Crippen molar-refractivity contribution in [2.75, 3.05) is 6.54 Å². The van der Waals surface area contributed by atoms with E-state index < -0.39 is 0 Å². The first-order valence-electron chi connectivity index (χ1n) is 4.95. The summed E-state index contributed by atoms with van der Waals surface area (Å²) in [5.41, 5.74) is 3.52. The van der Waals surface area contributed by atoms with E-state index in [1.54, 1.807) is 0 Å². The minimum Gasteiger partial charge on any atom is -0.317 e. The molecular weight excluding hydrogens is 174 g/mol. The Morgan fingerprint density at radius 3 is 2.50 bits per heavy atom. The molecule has 0 aliphatic rings. The summed E-state index contributed by atoms with van der Waals surface area (Å²) in [6.45, 7) is 15.7. The van der Waals surface area contributed by atoms with Crippen LogP contribution in [0.3, 0.4) is 0 Å². The first-order valence-corrected chi connectivity index (χ1v) is 4.95. The van der Waals surface area contributed by atoms with Gasteiger partial charge < -0.3 is 4.85 Å². The molecule has 1 aromatic heterocycles. The maximum Gasteiger partial charge on any atom is 0.218 e. The van der Waals surface area contributed by atoms with Gasteiger partial charge >= 0.3 is 0 Å². The Balaban J connectivity index is 3.00. The Morgan fingerprint density at radius 2 is 2.07 bits per heavy atom. The number of rotatable bonds is 3. The van der Waals surface area contributed by atoms with Crippen LogP contribution < -0.4 is 0 Å². The lowest BCUT2D eigenvalue weighted by Crippen LogP contribution is -2.05. The van der Waals surface area contributed by atoms with Crippen molar-refractivity contribution in [1.29, 1.82) is 0 Å². The van der Waals surface area contributed by atoms with Gasteiger partial charge in [-0.05, 0) is 27.7 Å². The van der Waals surface area contributed by atoms with Gasteiger partial charge in [0, 0.05) is 23.7 Å². The van der Waals surface area contributed by atoms with E-state index in [0.29, 0.717) is 12.6 Å². The van der Waals surface area contributed by atoms with Gasteiger partial charge in [-0.15, -0.1) is 0 Å². The van der Waals surface area contributed by atoms with Crippen LogP contribution >= 0.6 is 0 Å². The Morgan fingerprint density at radius 1 is 1.43 bits per heavy atom. The fourth-order valence-electron chi connectivity index (χ4n) is 1.73. The zero-order valence-corrected chi connectivity index (χ0v) is 9.33. The van der Waals surface area contributed by atoms with Crippen molar-refractivity contribution in [3.63, 3.8) is 0 Å². The molecule has 0 saturated carbocycles. The molecule has 0 aliphatic carbocycles. The lowest BCUT2D eigenvalue weighted by Gasteiger charge is -2.07. The highest BCUT2D eigenvalue weighted by molar-refractivity contribution is 5.25. The van der Waals surface area contributed by atoms with Crippen molar-refractivity contribution >= 4 is 0 Å². The minimum absolute atomic E-state index is 0.399. The number of aryl methyl sites for hydroxylation is 1. The molecule has 1 rings (SSSR count). The molecule has 0 atom stereocenters. The third-order valence-electron chi connectivity index (χ3n) is 2.44. The van der Waals surface area contributed by atoms with E-state index in [-0.39, 0.29) is 0 Å². The maximum atomic E-state index is 6.78. The van der Waals surface area contributed by atoms with E-state index in [1.165, 1.54) is 11.3 Å². The van der Waals surface area contributed by atoms with Gasteiger partial charge in [-0.25, -0.2) is 6.57 Å². The summed E-state index contributed by atoms with van der Waals surface area (Å²) in [5.74, 6) is 0. The molecule has 1 heterocycles. The van der Waals surface area contributed by atoms with Crippen molar-refractivity contribution in [2.24, 2.45) is 0 Å². The molecule has 0 N–H and O–H groups in total. The minimum atomic E-state index is 0.399. The van der Waals surface area contributed by atoms with Gasteiger partial charge in [0.25, 0.3) is 0 Å². The Kier molecular flexibility index (Phi) is 3.29. The molecule has 0 radical (unpaired) electrons. The summed E-state index contributed by atoms with van der Waals surface area (Å²) >= 11 is 0. The highest BCUT2D eigenvalue weighted by Gasteiger charge is 2.13. The van der Waals surface area contributed by atoms with Crippen LogP contribution in [0.4, 0.5) is 0 Å². The predicted molar refractivity (Wildman–Crippen MR) is 57.3 cm³/mol. The summed E-state index contributed by atoms with van der Waals surface area (Å²) in [6, 6.07) is 0.399. The number of hydrogen-bond donors (Lipinski definition) is 0. The summed E-state index contributed by atoms with van der Waals surface area (Å²) < 4.78 is 2.04. The number of hydrogen-bond acceptors (Lipinski definition) is 1. The highest BCUT2D eigenvalue weighted by Crippen LogP contribution is 2.17. The third-order valence-corrected chi connectivity index (χ3v) is 2.44. The molecule has 0 bridgehead atoms. The van der Waals surface area contributed by atoms with Crippen LogP contribution in [0.1, 0.15) is 36.8 Å². The van der Waals surface area contributed by atoms with Crippen molar-refractivity contribution in [1.82, 2.24) is 9.78 Å². The Hall–Kier alpha value is -1.30. The zero-order chi connectivity index (χ0) is 10.7. The molecule has 3 heteroatoms. The predicted octanol–water partition coefficient (Wildman–Crippen LogP) is 2.54. The van der Waals surface area contributed by atoms with Gasteiger partial charge in [-0.3, -0.25) is 4.68 Å². The topological polar surface area (TPSA) is 22.2 Å². The second-order valence-electron chi connectivity index (χ2n) is 3.82. The first kappa shape index (κ1) is 10.8. The zero-order valence-electron chi connectivity index (χ0n) is 9.33. The average molecular weight is 191 g/mol. The highest BCUT2D eigenvalue weighted by atomic mass is 15.3. The van der Waals surface area contributed by atoms with E-state index in [1.807, 2.05) is 11.6 Å². The van der Waals surface area contributed by atoms with Crippen LogP contribution in [0.25, 0.3) is 4.85 Å². The molecule has 0 aromatic carbocycles. The quantitative estimate of drug-likeness (QED) is 0.673. The molecule has 3 nitrogen and oxygen atoms in total. The number of nitrogens with zero attached hydrogens (tertiary/aromatic N) is 3. The lowest BCUT2D eigenvalue weighted by molar-refractivity contribution is 0.515. The van der Waals surface area contributed by atoms with E-state index in [0.717, 1.165) is 12.1 Å². The average Bonchev–Trinajstić information content (AvgIpc) is 2.40. The molecule has 0 aliphatic heterocycles. The molecule has 0 unspecified atom stereocenters. The van der Waals surface area contributed by atoms with Gasteiger partial charge in [-0.1, -0.05) is 0 Å². The van der Waals surface area contributed by atoms with Crippen molar-refractivity contribution in [3.05, 3.63) is 28.4 Å². The fraction of sp³-hybridized carbons (Fsp3) is 0.636. The van der Waals surface area contributed by atoms with Gasteiger partial charge in [0.2, 0.25) is 6.54 Å². The molecule has 14 heavy (non-hydrogen) atoms. The monoisotopic (exact) mass is 191 g/mol. The second kappa shape index (κ2) is 4.28. The molecule has 0 spiro atoms. The second-order valence-corrected chi connectivity index (χ2v) is 3.82. The van der Waals surface area contributed by atoms with Gasteiger partial charge in [0.1, 0.15) is 0 Å². The van der Waals surface area contributed by atoms with E-state index >= 15 is 0 Å². The van der Waals surface area contributed by atoms with E-state index in [9.17, 15) is 0 Å². The summed E-state index contributed by atoms with van der Waals surface area (Å²) in [5, 5.41) is 4.48. The molecule has 0 fully saturated rings. The Bertz CT molecular complexity index is 355. The normalized spacial score (nSPS) is 10.6. The third kappa shape index (κ3) is 1.95. The first-order chi connectivity index (χ1) is 6.57. The van der Waals surface area contributed by atoms with Gasteiger partial charge in [0.05, 0.1) is 5.69 Å². The van der Waals surface area contributed by atoms with Crippen LogP contribution in [0, 0.1) is 20.4 Å². The molecule has 0 saturated heterocycles. The van der Waals surface area contributed by atoms with Crippen LogP contribution in [-0.4, -0.2) is 16.3 Å². The maximum absolute atomic E-state index is 6.78. The van der Waals surface area contributed by atoms with Crippen molar-refractivity contribution < 1.29 is 0 Å². The Labute approximate surface area is 85.6 Å². The van der Waals surface area contributed by atoms with Gasteiger partial charge in [-0.2, -0.15) is 5.10 Å². The van der Waals surface area contributed by atoms with Crippen LogP contribution in [-0.2, 0) is 6.42 Å². The molecule has 76 valence electrons. The summed E-state index contributed by atoms with van der Waals surface area (Å²) in [4.78, 5) is 3.38. The van der Waals surface area contributed by atoms with Crippen molar-refractivity contribution in [3.8, 4) is 0 Å². The lowest BCUT2D eigenvalue weighted by atomic mass is 10.1. The summed E-state index contributed by atoms with van der Waals surface area (Å²) in [6.07, 6.45) is 0.827. The molecule has 0 amide bonds. The van der Waals surface area contributed by atoms with Crippen LogP contribution in [0.15, 0.2) is 0 Å². The van der Waals surface area contributed by atoms with Crippen LogP contribution in [0.5, 0.6) is 0 Å².